The van der Waals surface area contributed by atoms with Crippen molar-refractivity contribution in [2.24, 2.45) is 0 Å². The number of nitrogens with zero attached hydrogens (tertiary/aromatic N) is 1. The Balaban J connectivity index is 2.36. The van der Waals surface area contributed by atoms with E-state index >= 15 is 0 Å². The van der Waals surface area contributed by atoms with Gasteiger partial charge >= 0.3 is 0 Å². The molecule has 76 valence electrons. The SMILES string of the molecule is COc1ccc(C(C)C)nc1C1CC1. The first-order chi connectivity index (χ1) is 6.72. The molecule has 2 heteroatoms. The van der Waals surface area contributed by atoms with Gasteiger partial charge in [-0.15, -0.1) is 0 Å². The molecule has 1 aromatic rings. The molecule has 1 aliphatic carbocycles. The average Bonchev–Trinajstić information content (AvgIpc) is 3.00. The second-order valence-electron chi connectivity index (χ2n) is 4.25. The third kappa shape index (κ3) is 1.74. The maximum Gasteiger partial charge on any atom is 0.140 e. The fourth-order valence-electron chi connectivity index (χ4n) is 1.62. The van der Waals surface area contributed by atoms with Gasteiger partial charge in [0.25, 0.3) is 0 Å². The van der Waals surface area contributed by atoms with E-state index < -0.39 is 0 Å². The summed E-state index contributed by atoms with van der Waals surface area (Å²) in [6.07, 6.45) is 2.54. The molecule has 0 N–H and O–H groups in total. The predicted octanol–water partition coefficient (Wildman–Crippen LogP) is 3.09. The lowest BCUT2D eigenvalue weighted by Gasteiger charge is -2.10. The van der Waals surface area contributed by atoms with E-state index in [9.17, 15) is 0 Å². The summed E-state index contributed by atoms with van der Waals surface area (Å²) in [5, 5.41) is 0. The lowest BCUT2D eigenvalue weighted by molar-refractivity contribution is 0.406. The maximum atomic E-state index is 5.32. The van der Waals surface area contributed by atoms with E-state index in [1.54, 1.807) is 7.11 Å². The Labute approximate surface area is 85.3 Å². The van der Waals surface area contributed by atoms with Gasteiger partial charge in [0.2, 0.25) is 0 Å². The van der Waals surface area contributed by atoms with Crippen molar-refractivity contribution >= 4 is 0 Å². The van der Waals surface area contributed by atoms with Crippen molar-refractivity contribution in [3.63, 3.8) is 0 Å². The zero-order valence-corrected chi connectivity index (χ0v) is 9.08. The number of pyridine rings is 1. The van der Waals surface area contributed by atoms with Crippen LogP contribution in [0.1, 0.15) is 49.9 Å². The molecule has 0 radical (unpaired) electrons. The number of methoxy groups -OCH3 is 1. The molecule has 0 saturated heterocycles. The quantitative estimate of drug-likeness (QED) is 0.732. The highest BCUT2D eigenvalue weighted by molar-refractivity contribution is 5.35. The van der Waals surface area contributed by atoms with E-state index in [2.05, 4.69) is 31.0 Å². The lowest BCUT2D eigenvalue weighted by atomic mass is 10.1. The first-order valence-corrected chi connectivity index (χ1v) is 5.27. The van der Waals surface area contributed by atoms with Crippen LogP contribution in [0.4, 0.5) is 0 Å². The summed E-state index contributed by atoms with van der Waals surface area (Å²) in [5.41, 5.74) is 2.34. The number of rotatable bonds is 3. The van der Waals surface area contributed by atoms with Gasteiger partial charge in [-0.05, 0) is 30.9 Å². The molecular weight excluding hydrogens is 174 g/mol. The fraction of sp³-hybridized carbons (Fsp3) is 0.583. The standard InChI is InChI=1S/C12H17NO/c1-8(2)10-6-7-11(14-3)12(13-10)9-4-5-9/h6-9H,4-5H2,1-3H3. The van der Waals surface area contributed by atoms with Crippen LogP contribution in [0.5, 0.6) is 5.75 Å². The van der Waals surface area contributed by atoms with Gasteiger partial charge in [0.15, 0.2) is 0 Å². The molecule has 1 aromatic heterocycles. The highest BCUT2D eigenvalue weighted by Gasteiger charge is 2.28. The summed E-state index contributed by atoms with van der Waals surface area (Å²) in [7, 11) is 1.72. The molecule has 0 unspecified atom stereocenters. The molecule has 1 saturated carbocycles. The highest BCUT2D eigenvalue weighted by atomic mass is 16.5. The molecule has 0 amide bonds. The Kier molecular flexibility index (Phi) is 2.44. The molecule has 1 fully saturated rings. The van der Waals surface area contributed by atoms with Crippen molar-refractivity contribution in [1.82, 2.24) is 4.98 Å². The van der Waals surface area contributed by atoms with Gasteiger partial charge in [-0.3, -0.25) is 4.98 Å². The Morgan fingerprint density at radius 2 is 2.07 bits per heavy atom. The normalized spacial score (nSPS) is 16.0. The van der Waals surface area contributed by atoms with Crippen LogP contribution in [0.15, 0.2) is 12.1 Å². The Bertz CT molecular complexity index is 329. The zero-order valence-electron chi connectivity index (χ0n) is 9.08. The van der Waals surface area contributed by atoms with Gasteiger partial charge < -0.3 is 4.74 Å². The van der Waals surface area contributed by atoms with Gasteiger partial charge in [-0.25, -0.2) is 0 Å². The molecule has 1 aliphatic rings. The molecule has 2 rings (SSSR count). The third-order valence-electron chi connectivity index (χ3n) is 2.68. The summed E-state index contributed by atoms with van der Waals surface area (Å²) < 4.78 is 5.32. The van der Waals surface area contributed by atoms with Crippen molar-refractivity contribution in [2.45, 2.75) is 38.5 Å². The van der Waals surface area contributed by atoms with Crippen LogP contribution in [0.3, 0.4) is 0 Å². The van der Waals surface area contributed by atoms with Crippen LogP contribution in [-0.4, -0.2) is 12.1 Å². The average molecular weight is 191 g/mol. The second-order valence-corrected chi connectivity index (χ2v) is 4.25. The minimum absolute atomic E-state index is 0.499. The molecule has 14 heavy (non-hydrogen) atoms. The minimum atomic E-state index is 0.499. The third-order valence-corrected chi connectivity index (χ3v) is 2.68. The fourth-order valence-corrected chi connectivity index (χ4v) is 1.62. The molecule has 2 nitrogen and oxygen atoms in total. The van der Waals surface area contributed by atoms with E-state index in [0.29, 0.717) is 11.8 Å². The first kappa shape index (κ1) is 9.50. The van der Waals surface area contributed by atoms with E-state index in [1.165, 1.54) is 24.2 Å². The van der Waals surface area contributed by atoms with Crippen molar-refractivity contribution in [3.05, 3.63) is 23.5 Å². The van der Waals surface area contributed by atoms with Gasteiger partial charge in [-0.1, -0.05) is 13.8 Å². The van der Waals surface area contributed by atoms with Crippen molar-refractivity contribution in [3.8, 4) is 5.75 Å². The van der Waals surface area contributed by atoms with E-state index in [-0.39, 0.29) is 0 Å². The van der Waals surface area contributed by atoms with Crippen LogP contribution < -0.4 is 4.74 Å². The van der Waals surface area contributed by atoms with Crippen LogP contribution in [-0.2, 0) is 0 Å². The Hall–Kier alpha value is -1.05. The molecule has 0 aliphatic heterocycles. The lowest BCUT2D eigenvalue weighted by Crippen LogP contribution is -1.99. The van der Waals surface area contributed by atoms with Crippen LogP contribution in [0, 0.1) is 0 Å². The topological polar surface area (TPSA) is 22.1 Å². The summed E-state index contributed by atoms with van der Waals surface area (Å²) in [4.78, 5) is 4.68. The van der Waals surface area contributed by atoms with Crippen LogP contribution in [0.25, 0.3) is 0 Å². The van der Waals surface area contributed by atoms with Crippen molar-refractivity contribution in [1.29, 1.82) is 0 Å². The van der Waals surface area contributed by atoms with E-state index in [1.807, 2.05) is 0 Å². The van der Waals surface area contributed by atoms with Crippen molar-refractivity contribution < 1.29 is 4.74 Å². The Morgan fingerprint density at radius 3 is 2.57 bits per heavy atom. The smallest absolute Gasteiger partial charge is 0.140 e. The molecule has 0 atom stereocenters. The maximum absolute atomic E-state index is 5.32. The number of ether oxygens (including phenoxy) is 1. The van der Waals surface area contributed by atoms with E-state index in [4.69, 9.17) is 4.74 Å². The Morgan fingerprint density at radius 1 is 1.36 bits per heavy atom. The van der Waals surface area contributed by atoms with Crippen LogP contribution in [0.2, 0.25) is 0 Å². The monoisotopic (exact) mass is 191 g/mol. The number of aromatic nitrogens is 1. The molecule has 0 spiro atoms. The zero-order chi connectivity index (χ0) is 10.1. The highest BCUT2D eigenvalue weighted by Crippen LogP contribution is 2.43. The largest absolute Gasteiger partial charge is 0.495 e. The van der Waals surface area contributed by atoms with Gasteiger partial charge in [0, 0.05) is 11.6 Å². The van der Waals surface area contributed by atoms with Gasteiger partial charge in [0.05, 0.1) is 12.8 Å². The van der Waals surface area contributed by atoms with Crippen LogP contribution >= 0.6 is 0 Å². The first-order valence-electron chi connectivity index (χ1n) is 5.27. The van der Waals surface area contributed by atoms with E-state index in [0.717, 1.165) is 5.75 Å². The van der Waals surface area contributed by atoms with Gasteiger partial charge in [0.1, 0.15) is 5.75 Å². The molecule has 0 aromatic carbocycles. The minimum Gasteiger partial charge on any atom is -0.495 e. The number of hydrogen-bond donors (Lipinski definition) is 0. The van der Waals surface area contributed by atoms with Gasteiger partial charge in [-0.2, -0.15) is 0 Å². The summed E-state index contributed by atoms with van der Waals surface area (Å²) in [6, 6.07) is 4.12. The number of hydrogen-bond acceptors (Lipinski definition) is 2. The summed E-state index contributed by atoms with van der Waals surface area (Å²) >= 11 is 0. The molecule has 0 bridgehead atoms. The molecule has 1 heterocycles. The molecular formula is C12H17NO. The predicted molar refractivity (Wildman–Crippen MR) is 56.9 cm³/mol. The summed E-state index contributed by atoms with van der Waals surface area (Å²) in [5.74, 6) is 2.11. The summed E-state index contributed by atoms with van der Waals surface area (Å²) in [6.45, 7) is 4.34. The van der Waals surface area contributed by atoms with Crippen molar-refractivity contribution in [2.75, 3.05) is 7.11 Å². The second kappa shape index (κ2) is 3.60.